The number of ketones is 1. The van der Waals surface area contributed by atoms with Gasteiger partial charge in [0.05, 0.1) is 0 Å². The van der Waals surface area contributed by atoms with Gasteiger partial charge in [-0.1, -0.05) is 0 Å². The largest absolute Gasteiger partial charge is 0.480 e. The van der Waals surface area contributed by atoms with Crippen molar-refractivity contribution >= 4 is 23.1 Å². The Hall–Kier alpha value is -1.20. The number of carbonyl (C=O) groups is 2. The number of aryl methyl sites for hydroxylation is 2. The zero-order valence-electron chi connectivity index (χ0n) is 8.61. The van der Waals surface area contributed by atoms with Crippen molar-refractivity contribution in [3.63, 3.8) is 0 Å². The molecule has 1 atom stereocenters. The highest BCUT2D eigenvalue weighted by atomic mass is 32.1. The fourth-order valence-corrected chi connectivity index (χ4v) is 2.25. The Labute approximate surface area is 91.7 Å². The van der Waals surface area contributed by atoms with Crippen LogP contribution in [0.15, 0.2) is 6.07 Å². The summed E-state index contributed by atoms with van der Waals surface area (Å²) in [7, 11) is 0. The van der Waals surface area contributed by atoms with Crippen molar-refractivity contribution in [1.29, 1.82) is 0 Å². The zero-order valence-corrected chi connectivity index (χ0v) is 9.43. The van der Waals surface area contributed by atoms with E-state index >= 15 is 0 Å². The summed E-state index contributed by atoms with van der Waals surface area (Å²) in [6.07, 6.45) is -0.146. The van der Waals surface area contributed by atoms with Gasteiger partial charge in [-0.15, -0.1) is 11.3 Å². The van der Waals surface area contributed by atoms with Gasteiger partial charge in [0.2, 0.25) is 0 Å². The molecule has 82 valence electrons. The second-order valence-corrected chi connectivity index (χ2v) is 4.86. The topological polar surface area (TPSA) is 80.4 Å². The molecule has 1 heterocycles. The number of Topliss-reactive ketones (excluding diaryl/α,β-unsaturated/α-hetero) is 1. The first kappa shape index (κ1) is 11.9. The van der Waals surface area contributed by atoms with E-state index in [1.54, 1.807) is 6.07 Å². The first-order valence-electron chi connectivity index (χ1n) is 4.50. The SMILES string of the molecule is Cc1cc(C(=O)C[C@H](N)C(=O)O)c(C)s1. The van der Waals surface area contributed by atoms with E-state index in [1.165, 1.54) is 11.3 Å². The Kier molecular flexibility index (Phi) is 3.60. The number of carboxylic acid groups (broad SMARTS) is 1. The van der Waals surface area contributed by atoms with Gasteiger partial charge >= 0.3 is 5.97 Å². The molecule has 0 fully saturated rings. The van der Waals surface area contributed by atoms with Gasteiger partial charge in [0.15, 0.2) is 5.78 Å². The summed E-state index contributed by atoms with van der Waals surface area (Å²) in [4.78, 5) is 24.1. The number of aliphatic carboxylic acids is 1. The highest BCUT2D eigenvalue weighted by Crippen LogP contribution is 2.22. The quantitative estimate of drug-likeness (QED) is 0.761. The van der Waals surface area contributed by atoms with Gasteiger partial charge < -0.3 is 10.8 Å². The van der Waals surface area contributed by atoms with Gasteiger partial charge in [-0.3, -0.25) is 9.59 Å². The van der Waals surface area contributed by atoms with Crippen LogP contribution in [0.3, 0.4) is 0 Å². The zero-order chi connectivity index (χ0) is 11.6. The second-order valence-electron chi connectivity index (χ2n) is 3.40. The van der Waals surface area contributed by atoms with Crippen LogP contribution in [0.2, 0.25) is 0 Å². The normalized spacial score (nSPS) is 12.5. The molecule has 0 aromatic carbocycles. The summed E-state index contributed by atoms with van der Waals surface area (Å²) in [5, 5.41) is 8.58. The molecule has 0 saturated carbocycles. The Morgan fingerprint density at radius 3 is 2.53 bits per heavy atom. The summed E-state index contributed by atoms with van der Waals surface area (Å²) in [6.45, 7) is 3.75. The molecule has 0 aliphatic rings. The molecule has 0 amide bonds. The molecule has 4 nitrogen and oxygen atoms in total. The monoisotopic (exact) mass is 227 g/mol. The van der Waals surface area contributed by atoms with Crippen molar-refractivity contribution in [3.8, 4) is 0 Å². The predicted molar refractivity (Wildman–Crippen MR) is 58.4 cm³/mol. The Balaban J connectivity index is 2.77. The van der Waals surface area contributed by atoms with Crippen molar-refractivity contribution in [2.45, 2.75) is 26.3 Å². The van der Waals surface area contributed by atoms with Crippen LogP contribution in [-0.4, -0.2) is 22.9 Å². The number of rotatable bonds is 4. The van der Waals surface area contributed by atoms with E-state index in [4.69, 9.17) is 10.8 Å². The standard InChI is InChI=1S/C10H13NO3S/c1-5-3-7(6(2)15-5)9(12)4-8(11)10(13)14/h3,8H,4,11H2,1-2H3,(H,13,14)/t8-/m0/s1. The Bertz CT molecular complexity index is 397. The minimum absolute atomic E-state index is 0.146. The summed E-state index contributed by atoms with van der Waals surface area (Å²) < 4.78 is 0. The van der Waals surface area contributed by atoms with Gasteiger partial charge in [-0.05, 0) is 19.9 Å². The molecule has 0 saturated heterocycles. The molecule has 0 bridgehead atoms. The average molecular weight is 227 g/mol. The number of carboxylic acids is 1. The molecule has 15 heavy (non-hydrogen) atoms. The Morgan fingerprint density at radius 2 is 2.13 bits per heavy atom. The van der Waals surface area contributed by atoms with Crippen LogP contribution in [0.4, 0.5) is 0 Å². The van der Waals surface area contributed by atoms with Crippen molar-refractivity contribution in [3.05, 3.63) is 21.4 Å². The van der Waals surface area contributed by atoms with Crippen molar-refractivity contribution < 1.29 is 14.7 Å². The lowest BCUT2D eigenvalue weighted by atomic mass is 10.1. The number of hydrogen-bond acceptors (Lipinski definition) is 4. The molecular formula is C10H13NO3S. The summed E-state index contributed by atoms with van der Waals surface area (Å²) in [5.41, 5.74) is 5.89. The number of carbonyl (C=O) groups excluding carboxylic acids is 1. The third kappa shape index (κ3) is 2.87. The molecule has 0 unspecified atom stereocenters. The average Bonchev–Trinajstić information content (AvgIpc) is 2.44. The summed E-state index contributed by atoms with van der Waals surface area (Å²) in [6, 6.07) is 0.661. The summed E-state index contributed by atoms with van der Waals surface area (Å²) >= 11 is 1.52. The van der Waals surface area contributed by atoms with Crippen LogP contribution < -0.4 is 5.73 Å². The van der Waals surface area contributed by atoms with Gasteiger partial charge in [0, 0.05) is 21.7 Å². The minimum atomic E-state index is -1.15. The smallest absolute Gasteiger partial charge is 0.320 e. The maximum absolute atomic E-state index is 11.7. The van der Waals surface area contributed by atoms with E-state index in [2.05, 4.69) is 0 Å². The lowest BCUT2D eigenvalue weighted by Gasteiger charge is -2.04. The Morgan fingerprint density at radius 1 is 1.53 bits per heavy atom. The molecule has 1 aromatic heterocycles. The van der Waals surface area contributed by atoms with Crippen molar-refractivity contribution in [2.75, 3.05) is 0 Å². The van der Waals surface area contributed by atoms with E-state index in [9.17, 15) is 9.59 Å². The van der Waals surface area contributed by atoms with Crippen LogP contribution >= 0.6 is 11.3 Å². The van der Waals surface area contributed by atoms with Gasteiger partial charge in [-0.25, -0.2) is 0 Å². The highest BCUT2D eigenvalue weighted by molar-refractivity contribution is 7.12. The van der Waals surface area contributed by atoms with Gasteiger partial charge in [0.1, 0.15) is 6.04 Å². The molecule has 0 spiro atoms. The highest BCUT2D eigenvalue weighted by Gasteiger charge is 2.19. The van der Waals surface area contributed by atoms with E-state index in [0.29, 0.717) is 5.56 Å². The first-order chi connectivity index (χ1) is 6.91. The minimum Gasteiger partial charge on any atom is -0.480 e. The van der Waals surface area contributed by atoms with Gasteiger partial charge in [0.25, 0.3) is 0 Å². The van der Waals surface area contributed by atoms with E-state index < -0.39 is 12.0 Å². The molecule has 0 radical (unpaired) electrons. The molecule has 0 aliphatic heterocycles. The van der Waals surface area contributed by atoms with E-state index in [1.807, 2.05) is 13.8 Å². The van der Waals surface area contributed by atoms with Gasteiger partial charge in [-0.2, -0.15) is 0 Å². The van der Waals surface area contributed by atoms with Crippen LogP contribution in [0.25, 0.3) is 0 Å². The van der Waals surface area contributed by atoms with E-state index in [0.717, 1.165) is 9.75 Å². The van der Waals surface area contributed by atoms with Crippen molar-refractivity contribution in [2.24, 2.45) is 5.73 Å². The molecule has 3 N–H and O–H groups in total. The maximum Gasteiger partial charge on any atom is 0.320 e. The molecule has 1 rings (SSSR count). The molecule has 0 aliphatic carbocycles. The molecule has 5 heteroatoms. The third-order valence-corrected chi connectivity index (χ3v) is 3.03. The third-order valence-electron chi connectivity index (χ3n) is 2.06. The van der Waals surface area contributed by atoms with Crippen LogP contribution in [0.1, 0.15) is 26.5 Å². The van der Waals surface area contributed by atoms with Crippen LogP contribution in [-0.2, 0) is 4.79 Å². The second kappa shape index (κ2) is 4.55. The van der Waals surface area contributed by atoms with Crippen LogP contribution in [0.5, 0.6) is 0 Å². The first-order valence-corrected chi connectivity index (χ1v) is 5.32. The van der Waals surface area contributed by atoms with Crippen LogP contribution in [0, 0.1) is 13.8 Å². The summed E-state index contributed by atoms with van der Waals surface area (Å²) in [5.74, 6) is -1.35. The van der Waals surface area contributed by atoms with E-state index in [-0.39, 0.29) is 12.2 Å². The molecular weight excluding hydrogens is 214 g/mol. The lowest BCUT2D eigenvalue weighted by molar-refractivity contribution is -0.138. The lowest BCUT2D eigenvalue weighted by Crippen LogP contribution is -2.32. The predicted octanol–water partition coefficient (Wildman–Crippen LogP) is 1.35. The maximum atomic E-state index is 11.7. The number of thiophene rings is 1. The number of hydrogen-bond donors (Lipinski definition) is 2. The number of nitrogens with two attached hydrogens (primary N) is 1. The fraction of sp³-hybridized carbons (Fsp3) is 0.400. The fourth-order valence-electron chi connectivity index (χ4n) is 1.30. The molecule has 1 aromatic rings. The van der Waals surface area contributed by atoms with Crippen molar-refractivity contribution in [1.82, 2.24) is 0 Å².